The Hall–Kier alpha value is -1.37. The Morgan fingerprint density at radius 1 is 1.15 bits per heavy atom. The first-order valence-corrected chi connectivity index (χ1v) is 8.77. The number of sulfonamides is 1. The van der Waals surface area contributed by atoms with Crippen molar-refractivity contribution in [2.24, 2.45) is 0 Å². The van der Waals surface area contributed by atoms with Crippen LogP contribution in [0.15, 0.2) is 46.0 Å². The Kier molecular flexibility index (Phi) is 4.80. The van der Waals surface area contributed by atoms with Crippen molar-refractivity contribution >= 4 is 27.0 Å². The molecule has 0 radical (unpaired) electrons. The topological polar surface area (TPSA) is 58.2 Å². The second kappa shape index (κ2) is 6.39. The molecular formula is C14H18N2O2S2. The zero-order valence-electron chi connectivity index (χ0n) is 11.5. The maximum absolute atomic E-state index is 12.2. The van der Waals surface area contributed by atoms with E-state index in [1.165, 1.54) is 11.3 Å². The Morgan fingerprint density at radius 2 is 1.85 bits per heavy atom. The fourth-order valence-corrected chi connectivity index (χ4v) is 3.36. The van der Waals surface area contributed by atoms with Crippen molar-refractivity contribution in [1.29, 1.82) is 0 Å². The fourth-order valence-electron chi connectivity index (χ4n) is 1.65. The molecule has 0 fully saturated rings. The molecule has 0 amide bonds. The summed E-state index contributed by atoms with van der Waals surface area (Å²) in [5.41, 5.74) is 1.66. The van der Waals surface area contributed by atoms with Crippen LogP contribution in [0.25, 0.3) is 0 Å². The first-order valence-electron chi connectivity index (χ1n) is 6.35. The molecule has 4 nitrogen and oxygen atoms in total. The van der Waals surface area contributed by atoms with Gasteiger partial charge in [-0.15, -0.1) is 0 Å². The minimum atomic E-state index is -3.50. The van der Waals surface area contributed by atoms with Gasteiger partial charge in [0.2, 0.25) is 0 Å². The van der Waals surface area contributed by atoms with Crippen LogP contribution in [0.2, 0.25) is 0 Å². The Balaban J connectivity index is 2.08. The van der Waals surface area contributed by atoms with Gasteiger partial charge in [-0.05, 0) is 29.1 Å². The van der Waals surface area contributed by atoms with Crippen LogP contribution in [-0.4, -0.2) is 14.5 Å². The minimum absolute atomic E-state index is 0.275. The zero-order valence-corrected chi connectivity index (χ0v) is 13.1. The molecular weight excluding hydrogens is 292 g/mol. The quantitative estimate of drug-likeness (QED) is 0.862. The van der Waals surface area contributed by atoms with Crippen molar-refractivity contribution in [2.45, 2.75) is 31.3 Å². The third-order valence-electron chi connectivity index (χ3n) is 2.72. The predicted octanol–water partition coefficient (Wildman–Crippen LogP) is 3.05. The largest absolute Gasteiger partial charge is 0.310 e. The first kappa shape index (κ1) is 15.0. The zero-order chi connectivity index (χ0) is 14.6. The molecule has 2 N–H and O–H groups in total. The second-order valence-electron chi connectivity index (χ2n) is 4.80. The monoisotopic (exact) mass is 310 g/mol. The lowest BCUT2D eigenvalue weighted by atomic mass is 10.2. The Morgan fingerprint density at radius 3 is 2.40 bits per heavy atom. The molecule has 1 aromatic carbocycles. The molecule has 0 saturated carbocycles. The molecule has 0 bridgehead atoms. The number of anilines is 1. The van der Waals surface area contributed by atoms with Crippen LogP contribution < -0.4 is 10.0 Å². The third kappa shape index (κ3) is 4.06. The second-order valence-corrected chi connectivity index (χ2v) is 7.26. The molecule has 1 aromatic heterocycles. The molecule has 0 unspecified atom stereocenters. The van der Waals surface area contributed by atoms with Gasteiger partial charge in [0.15, 0.2) is 0 Å². The van der Waals surface area contributed by atoms with Crippen molar-refractivity contribution in [2.75, 3.05) is 4.72 Å². The molecule has 1 heterocycles. The lowest BCUT2D eigenvalue weighted by Gasteiger charge is -2.09. The summed E-state index contributed by atoms with van der Waals surface area (Å²) in [6.45, 7) is 4.88. The van der Waals surface area contributed by atoms with Gasteiger partial charge in [0.1, 0.15) is 0 Å². The molecule has 0 spiro atoms. The highest BCUT2D eigenvalue weighted by Gasteiger charge is 2.14. The van der Waals surface area contributed by atoms with Gasteiger partial charge in [0.05, 0.1) is 10.6 Å². The van der Waals surface area contributed by atoms with E-state index in [1.807, 2.05) is 17.5 Å². The number of nitrogens with one attached hydrogen (secondary N) is 2. The van der Waals surface area contributed by atoms with Gasteiger partial charge >= 0.3 is 0 Å². The van der Waals surface area contributed by atoms with Crippen molar-refractivity contribution in [3.05, 3.63) is 46.7 Å². The number of thiophene rings is 1. The van der Waals surface area contributed by atoms with Gasteiger partial charge in [-0.1, -0.05) is 26.0 Å². The smallest absolute Gasteiger partial charge is 0.261 e. The van der Waals surface area contributed by atoms with E-state index in [0.717, 1.165) is 12.1 Å². The number of hydrogen-bond donors (Lipinski definition) is 2. The molecule has 0 saturated heterocycles. The van der Waals surface area contributed by atoms with Gasteiger partial charge in [-0.2, -0.15) is 11.3 Å². The summed E-state index contributed by atoms with van der Waals surface area (Å²) in [7, 11) is -3.50. The summed E-state index contributed by atoms with van der Waals surface area (Å²) < 4.78 is 26.9. The molecule has 0 aliphatic heterocycles. The Bertz CT molecular complexity index is 632. The average Bonchev–Trinajstić information content (AvgIpc) is 2.89. The molecule has 0 atom stereocenters. The highest BCUT2D eigenvalue weighted by molar-refractivity contribution is 7.92. The number of hydrogen-bond acceptors (Lipinski definition) is 4. The van der Waals surface area contributed by atoms with Gasteiger partial charge < -0.3 is 5.32 Å². The van der Waals surface area contributed by atoms with Gasteiger partial charge in [0.25, 0.3) is 10.0 Å². The summed E-state index contributed by atoms with van der Waals surface area (Å²) in [6, 6.07) is 9.06. The van der Waals surface area contributed by atoms with Gasteiger partial charge in [-0.3, -0.25) is 4.72 Å². The van der Waals surface area contributed by atoms with Crippen molar-refractivity contribution in [1.82, 2.24) is 5.32 Å². The lowest BCUT2D eigenvalue weighted by molar-refractivity contribution is 0.588. The van der Waals surface area contributed by atoms with Crippen molar-refractivity contribution < 1.29 is 8.42 Å². The first-order chi connectivity index (χ1) is 9.47. The van der Waals surface area contributed by atoms with E-state index >= 15 is 0 Å². The molecule has 20 heavy (non-hydrogen) atoms. The van der Waals surface area contributed by atoms with E-state index < -0.39 is 10.0 Å². The van der Waals surface area contributed by atoms with Crippen molar-refractivity contribution in [3.8, 4) is 0 Å². The third-order valence-corrected chi connectivity index (χ3v) is 4.80. The minimum Gasteiger partial charge on any atom is -0.310 e. The number of benzene rings is 1. The average molecular weight is 310 g/mol. The van der Waals surface area contributed by atoms with Crippen molar-refractivity contribution in [3.63, 3.8) is 0 Å². The summed E-state index contributed by atoms with van der Waals surface area (Å²) in [5.74, 6) is 0. The standard InChI is InChI=1S/C14H18N2O2S2/c1-11(2)15-9-12-3-5-14(6-4-12)20(17,18)16-13-7-8-19-10-13/h3-8,10-11,15-16H,9H2,1-2H3. The predicted molar refractivity (Wildman–Crippen MR) is 83.5 cm³/mol. The van der Waals surface area contributed by atoms with Crippen LogP contribution in [0, 0.1) is 0 Å². The SMILES string of the molecule is CC(C)NCc1ccc(S(=O)(=O)Nc2ccsc2)cc1. The van der Waals surface area contributed by atoms with Crippen LogP contribution in [0.5, 0.6) is 0 Å². The van der Waals surface area contributed by atoms with Crippen LogP contribution in [-0.2, 0) is 16.6 Å². The van der Waals surface area contributed by atoms with Crippen LogP contribution >= 0.6 is 11.3 Å². The maximum Gasteiger partial charge on any atom is 0.261 e. The van der Waals surface area contributed by atoms with Crippen LogP contribution in [0.4, 0.5) is 5.69 Å². The molecule has 0 aliphatic carbocycles. The lowest BCUT2D eigenvalue weighted by Crippen LogP contribution is -2.21. The van der Waals surface area contributed by atoms with Crippen LogP contribution in [0.1, 0.15) is 19.4 Å². The molecule has 2 rings (SSSR count). The maximum atomic E-state index is 12.2. The summed E-state index contributed by atoms with van der Waals surface area (Å²) >= 11 is 1.45. The normalized spacial score (nSPS) is 11.8. The highest BCUT2D eigenvalue weighted by atomic mass is 32.2. The molecule has 2 aromatic rings. The van der Waals surface area contributed by atoms with E-state index in [1.54, 1.807) is 23.6 Å². The van der Waals surface area contributed by atoms with Crippen LogP contribution in [0.3, 0.4) is 0 Å². The Labute approximate surface area is 123 Å². The van der Waals surface area contributed by atoms with E-state index in [0.29, 0.717) is 11.7 Å². The van der Waals surface area contributed by atoms with Gasteiger partial charge in [0, 0.05) is 18.0 Å². The summed E-state index contributed by atoms with van der Waals surface area (Å²) in [5, 5.41) is 6.89. The highest BCUT2D eigenvalue weighted by Crippen LogP contribution is 2.18. The summed E-state index contributed by atoms with van der Waals surface area (Å²) in [6.07, 6.45) is 0. The molecule has 6 heteroatoms. The van der Waals surface area contributed by atoms with E-state index in [-0.39, 0.29) is 4.90 Å². The number of rotatable bonds is 6. The van der Waals surface area contributed by atoms with E-state index in [2.05, 4.69) is 23.9 Å². The van der Waals surface area contributed by atoms with E-state index in [4.69, 9.17) is 0 Å². The van der Waals surface area contributed by atoms with E-state index in [9.17, 15) is 8.42 Å². The molecule has 108 valence electrons. The fraction of sp³-hybridized carbons (Fsp3) is 0.286. The van der Waals surface area contributed by atoms with Gasteiger partial charge in [-0.25, -0.2) is 8.42 Å². The molecule has 0 aliphatic rings. The summed E-state index contributed by atoms with van der Waals surface area (Å²) in [4.78, 5) is 0.275.